The van der Waals surface area contributed by atoms with Crippen molar-refractivity contribution in [3.8, 4) is 0 Å². The highest BCUT2D eigenvalue weighted by atomic mass is 16.7. The molecule has 0 amide bonds. The molecule has 2 nitrogen and oxygen atoms in total. The lowest BCUT2D eigenvalue weighted by Crippen LogP contribution is -2.13. The number of hydrogen-bond donors (Lipinski definition) is 0. The van der Waals surface area contributed by atoms with Crippen molar-refractivity contribution in [2.45, 2.75) is 39.9 Å². The SMILES string of the molecule is CC.CC1OCOC1C. The molecule has 2 heteroatoms. The zero-order valence-corrected chi connectivity index (χ0v) is 6.68. The Bertz CT molecular complexity index is 55.9. The molecule has 9 heavy (non-hydrogen) atoms. The highest BCUT2D eigenvalue weighted by molar-refractivity contribution is 4.62. The number of rotatable bonds is 0. The average Bonchev–Trinajstić information content (AvgIpc) is 2.23. The summed E-state index contributed by atoms with van der Waals surface area (Å²) in [5, 5.41) is 0. The van der Waals surface area contributed by atoms with Crippen LogP contribution in [0.25, 0.3) is 0 Å². The van der Waals surface area contributed by atoms with E-state index in [0.29, 0.717) is 19.0 Å². The van der Waals surface area contributed by atoms with Gasteiger partial charge in [-0.25, -0.2) is 0 Å². The zero-order chi connectivity index (χ0) is 7.28. The third-order valence-electron chi connectivity index (χ3n) is 1.32. The molecule has 0 N–H and O–H groups in total. The molecule has 0 radical (unpaired) electrons. The van der Waals surface area contributed by atoms with Crippen LogP contribution in [-0.4, -0.2) is 19.0 Å². The second kappa shape index (κ2) is 4.77. The van der Waals surface area contributed by atoms with E-state index in [1.807, 2.05) is 27.7 Å². The molecule has 2 atom stereocenters. The van der Waals surface area contributed by atoms with E-state index in [-0.39, 0.29) is 0 Å². The molecule has 0 aromatic heterocycles. The maximum absolute atomic E-state index is 5.04. The van der Waals surface area contributed by atoms with Gasteiger partial charge < -0.3 is 9.47 Å². The van der Waals surface area contributed by atoms with Crippen molar-refractivity contribution >= 4 is 0 Å². The van der Waals surface area contributed by atoms with E-state index in [0.717, 1.165) is 0 Å². The summed E-state index contributed by atoms with van der Waals surface area (Å²) in [5.74, 6) is 0. The molecule has 0 spiro atoms. The Balaban J connectivity index is 0.000000291. The summed E-state index contributed by atoms with van der Waals surface area (Å²) in [6.45, 7) is 8.50. The maximum Gasteiger partial charge on any atom is 0.147 e. The summed E-state index contributed by atoms with van der Waals surface area (Å²) >= 11 is 0. The molecule has 1 fully saturated rings. The average molecular weight is 132 g/mol. The minimum atomic E-state index is 0.292. The van der Waals surface area contributed by atoms with Crippen molar-refractivity contribution in [2.24, 2.45) is 0 Å². The molecule has 0 aromatic carbocycles. The Morgan fingerprint density at radius 2 is 1.33 bits per heavy atom. The normalized spacial score (nSPS) is 33.3. The summed E-state index contributed by atoms with van der Waals surface area (Å²) in [4.78, 5) is 0. The molecule has 56 valence electrons. The van der Waals surface area contributed by atoms with Gasteiger partial charge in [-0.2, -0.15) is 0 Å². The fourth-order valence-corrected chi connectivity index (χ4v) is 0.525. The van der Waals surface area contributed by atoms with Crippen LogP contribution >= 0.6 is 0 Å². The summed E-state index contributed by atoms with van der Waals surface area (Å²) < 4.78 is 10.1. The summed E-state index contributed by atoms with van der Waals surface area (Å²) in [6.07, 6.45) is 0.583. The lowest BCUT2D eigenvalue weighted by atomic mass is 10.3. The van der Waals surface area contributed by atoms with E-state index in [2.05, 4.69) is 0 Å². The van der Waals surface area contributed by atoms with Gasteiger partial charge in [0.05, 0.1) is 12.2 Å². The highest BCUT2D eigenvalue weighted by Gasteiger charge is 2.18. The van der Waals surface area contributed by atoms with Crippen LogP contribution in [0.3, 0.4) is 0 Å². The molecule has 1 heterocycles. The van der Waals surface area contributed by atoms with Crippen LogP contribution in [0.15, 0.2) is 0 Å². The van der Waals surface area contributed by atoms with Crippen molar-refractivity contribution in [2.75, 3.05) is 6.79 Å². The maximum atomic E-state index is 5.04. The van der Waals surface area contributed by atoms with Crippen LogP contribution in [0.5, 0.6) is 0 Å². The molecule has 0 saturated carbocycles. The first-order valence-electron chi connectivity index (χ1n) is 3.54. The van der Waals surface area contributed by atoms with Gasteiger partial charge in [-0.15, -0.1) is 0 Å². The standard InChI is InChI=1S/C5H10O2.C2H6/c1-4-5(2)7-3-6-4;1-2/h4-5H,3H2,1-2H3;1-2H3. The summed E-state index contributed by atoms with van der Waals surface area (Å²) in [6, 6.07) is 0. The predicted octanol–water partition coefficient (Wildman–Crippen LogP) is 1.79. The Labute approximate surface area is 57.2 Å². The molecule has 0 bridgehead atoms. The molecule has 1 rings (SSSR count). The van der Waals surface area contributed by atoms with E-state index in [4.69, 9.17) is 9.47 Å². The minimum absolute atomic E-state index is 0.292. The van der Waals surface area contributed by atoms with Gasteiger partial charge in [-0.1, -0.05) is 13.8 Å². The highest BCUT2D eigenvalue weighted by Crippen LogP contribution is 2.09. The topological polar surface area (TPSA) is 18.5 Å². The van der Waals surface area contributed by atoms with Crippen LogP contribution < -0.4 is 0 Å². The summed E-state index contributed by atoms with van der Waals surface area (Å²) in [5.41, 5.74) is 0. The second-order valence-electron chi connectivity index (χ2n) is 1.86. The van der Waals surface area contributed by atoms with Gasteiger partial charge in [-0.05, 0) is 13.8 Å². The van der Waals surface area contributed by atoms with Gasteiger partial charge in [0, 0.05) is 0 Å². The Morgan fingerprint density at radius 1 is 1.00 bits per heavy atom. The molecular formula is C7H16O2. The first kappa shape index (κ1) is 8.92. The summed E-state index contributed by atoms with van der Waals surface area (Å²) in [7, 11) is 0. The molecule has 1 aliphatic heterocycles. The van der Waals surface area contributed by atoms with Crippen molar-refractivity contribution in [1.82, 2.24) is 0 Å². The predicted molar refractivity (Wildman–Crippen MR) is 37.3 cm³/mol. The quantitative estimate of drug-likeness (QED) is 0.500. The second-order valence-corrected chi connectivity index (χ2v) is 1.86. The van der Waals surface area contributed by atoms with Gasteiger partial charge in [0.25, 0.3) is 0 Å². The van der Waals surface area contributed by atoms with E-state index in [9.17, 15) is 0 Å². The van der Waals surface area contributed by atoms with Crippen molar-refractivity contribution < 1.29 is 9.47 Å². The van der Waals surface area contributed by atoms with Crippen LogP contribution in [0.1, 0.15) is 27.7 Å². The number of hydrogen-bond acceptors (Lipinski definition) is 2. The van der Waals surface area contributed by atoms with Crippen molar-refractivity contribution in [3.63, 3.8) is 0 Å². The molecular weight excluding hydrogens is 116 g/mol. The van der Waals surface area contributed by atoms with Crippen LogP contribution in [0.4, 0.5) is 0 Å². The first-order chi connectivity index (χ1) is 4.30. The van der Waals surface area contributed by atoms with E-state index >= 15 is 0 Å². The Morgan fingerprint density at radius 3 is 1.44 bits per heavy atom. The Kier molecular flexibility index (Phi) is 4.72. The monoisotopic (exact) mass is 132 g/mol. The third-order valence-corrected chi connectivity index (χ3v) is 1.32. The minimum Gasteiger partial charge on any atom is -0.350 e. The number of ether oxygens (including phenoxy) is 2. The van der Waals surface area contributed by atoms with Gasteiger partial charge in [0.1, 0.15) is 6.79 Å². The lowest BCUT2D eigenvalue weighted by Gasteiger charge is -2.02. The van der Waals surface area contributed by atoms with Crippen LogP contribution in [-0.2, 0) is 9.47 Å². The van der Waals surface area contributed by atoms with Crippen molar-refractivity contribution in [1.29, 1.82) is 0 Å². The largest absolute Gasteiger partial charge is 0.350 e. The molecule has 2 unspecified atom stereocenters. The van der Waals surface area contributed by atoms with Gasteiger partial charge in [-0.3, -0.25) is 0 Å². The molecule has 1 aliphatic rings. The molecule has 0 aliphatic carbocycles. The van der Waals surface area contributed by atoms with E-state index in [1.165, 1.54) is 0 Å². The fraction of sp³-hybridized carbons (Fsp3) is 1.00. The van der Waals surface area contributed by atoms with Crippen LogP contribution in [0, 0.1) is 0 Å². The van der Waals surface area contributed by atoms with Gasteiger partial charge in [0.2, 0.25) is 0 Å². The lowest BCUT2D eigenvalue weighted by molar-refractivity contribution is 0.0433. The van der Waals surface area contributed by atoms with Gasteiger partial charge in [0.15, 0.2) is 0 Å². The Hall–Kier alpha value is -0.0800. The molecule has 0 aromatic rings. The van der Waals surface area contributed by atoms with E-state index in [1.54, 1.807) is 0 Å². The van der Waals surface area contributed by atoms with Crippen molar-refractivity contribution in [3.05, 3.63) is 0 Å². The zero-order valence-electron chi connectivity index (χ0n) is 6.68. The van der Waals surface area contributed by atoms with Crippen LogP contribution in [0.2, 0.25) is 0 Å². The third kappa shape index (κ3) is 2.82. The molecule has 1 saturated heterocycles. The van der Waals surface area contributed by atoms with E-state index < -0.39 is 0 Å². The first-order valence-corrected chi connectivity index (χ1v) is 3.54. The smallest absolute Gasteiger partial charge is 0.147 e. The van der Waals surface area contributed by atoms with Gasteiger partial charge >= 0.3 is 0 Å². The fourth-order valence-electron chi connectivity index (χ4n) is 0.525.